The molecule has 0 aromatic heterocycles. The van der Waals surface area contributed by atoms with Gasteiger partial charge in [0.15, 0.2) is 0 Å². The van der Waals surface area contributed by atoms with E-state index in [1.807, 2.05) is 4.90 Å². The van der Waals surface area contributed by atoms with Gasteiger partial charge in [-0.05, 0) is 69.2 Å². The standard InChI is InChI=1S/C24H31F3N4O/c25-24(26,27)19-2-1-3-21(15-19)31-12-10-30(11-13-31)9-8-17-4-6-20(7-5-17)29-23(32)22-14-18(22)16-28/h1-3,15,17-18,20,22H,4-14H2,(H,29,32)/t17-,18-,20-,22?/m0/s1. The van der Waals surface area contributed by atoms with Crippen molar-refractivity contribution in [3.63, 3.8) is 0 Å². The van der Waals surface area contributed by atoms with E-state index in [1.165, 1.54) is 12.1 Å². The highest BCUT2D eigenvalue weighted by Crippen LogP contribution is 2.38. The van der Waals surface area contributed by atoms with Crippen molar-refractivity contribution in [2.24, 2.45) is 17.8 Å². The lowest BCUT2D eigenvalue weighted by molar-refractivity contribution is -0.137. The topological polar surface area (TPSA) is 59.4 Å². The first-order chi connectivity index (χ1) is 15.3. The normalized spacial score (nSPS) is 28.8. The van der Waals surface area contributed by atoms with E-state index in [4.69, 9.17) is 5.26 Å². The number of alkyl halides is 3. The van der Waals surface area contributed by atoms with Gasteiger partial charge < -0.3 is 10.2 Å². The number of anilines is 1. The molecule has 1 unspecified atom stereocenters. The zero-order valence-electron chi connectivity index (χ0n) is 18.3. The van der Waals surface area contributed by atoms with Gasteiger partial charge in [0.25, 0.3) is 0 Å². The highest BCUT2D eigenvalue weighted by Gasteiger charge is 2.44. The zero-order chi connectivity index (χ0) is 22.7. The van der Waals surface area contributed by atoms with Gasteiger partial charge >= 0.3 is 6.18 Å². The summed E-state index contributed by atoms with van der Waals surface area (Å²) >= 11 is 0. The third-order valence-electron chi connectivity index (χ3n) is 7.25. The first-order valence-corrected chi connectivity index (χ1v) is 11.7. The molecule has 1 aromatic rings. The molecule has 1 amide bonds. The molecular weight excluding hydrogens is 417 g/mol. The summed E-state index contributed by atoms with van der Waals surface area (Å²) in [6.45, 7) is 4.23. The highest BCUT2D eigenvalue weighted by molar-refractivity contribution is 5.82. The largest absolute Gasteiger partial charge is 0.416 e. The number of nitriles is 1. The number of carbonyl (C=O) groups excluding carboxylic acids is 1. The van der Waals surface area contributed by atoms with Crippen molar-refractivity contribution < 1.29 is 18.0 Å². The summed E-state index contributed by atoms with van der Waals surface area (Å²) in [5.41, 5.74) is 0.0540. The number of carbonyl (C=O) groups is 1. The van der Waals surface area contributed by atoms with E-state index in [-0.39, 0.29) is 23.8 Å². The molecule has 1 saturated heterocycles. The van der Waals surface area contributed by atoms with Crippen LogP contribution in [-0.4, -0.2) is 49.6 Å². The Morgan fingerprint density at radius 1 is 1.12 bits per heavy atom. The Morgan fingerprint density at radius 2 is 1.84 bits per heavy atom. The second-order valence-electron chi connectivity index (χ2n) is 9.47. The van der Waals surface area contributed by atoms with E-state index in [1.54, 1.807) is 6.07 Å². The number of nitrogens with one attached hydrogen (secondary N) is 1. The van der Waals surface area contributed by atoms with Gasteiger partial charge in [-0.15, -0.1) is 0 Å². The van der Waals surface area contributed by atoms with Crippen molar-refractivity contribution in [1.82, 2.24) is 10.2 Å². The van der Waals surface area contributed by atoms with E-state index in [2.05, 4.69) is 16.3 Å². The molecule has 5 nitrogen and oxygen atoms in total. The number of amides is 1. The predicted molar refractivity (Wildman–Crippen MR) is 116 cm³/mol. The first kappa shape index (κ1) is 22.9. The van der Waals surface area contributed by atoms with E-state index in [9.17, 15) is 18.0 Å². The smallest absolute Gasteiger partial charge is 0.369 e. The van der Waals surface area contributed by atoms with Crippen molar-refractivity contribution >= 4 is 11.6 Å². The average molecular weight is 449 g/mol. The van der Waals surface area contributed by atoms with Gasteiger partial charge in [0.1, 0.15) is 0 Å². The maximum Gasteiger partial charge on any atom is 0.416 e. The Kier molecular flexibility index (Phi) is 6.94. The van der Waals surface area contributed by atoms with Gasteiger partial charge in [-0.2, -0.15) is 18.4 Å². The molecule has 1 heterocycles. The molecule has 3 fully saturated rings. The molecule has 2 aliphatic carbocycles. The van der Waals surface area contributed by atoms with Crippen LogP contribution in [-0.2, 0) is 11.0 Å². The second-order valence-corrected chi connectivity index (χ2v) is 9.47. The minimum Gasteiger partial charge on any atom is -0.369 e. The molecule has 1 aliphatic heterocycles. The zero-order valence-corrected chi connectivity index (χ0v) is 18.3. The monoisotopic (exact) mass is 448 g/mol. The van der Waals surface area contributed by atoms with Crippen LogP contribution < -0.4 is 10.2 Å². The van der Waals surface area contributed by atoms with Crippen molar-refractivity contribution in [2.45, 2.75) is 50.7 Å². The summed E-state index contributed by atoms with van der Waals surface area (Å²) in [4.78, 5) is 16.6. The van der Waals surface area contributed by atoms with Crippen molar-refractivity contribution in [2.75, 3.05) is 37.6 Å². The Morgan fingerprint density at radius 3 is 2.47 bits per heavy atom. The molecule has 174 valence electrons. The lowest BCUT2D eigenvalue weighted by Crippen LogP contribution is -2.47. The molecule has 0 bridgehead atoms. The summed E-state index contributed by atoms with van der Waals surface area (Å²) in [5.74, 6) is 0.545. The van der Waals surface area contributed by atoms with Crippen LogP contribution in [0, 0.1) is 29.1 Å². The Hall–Kier alpha value is -2.27. The molecule has 4 rings (SSSR count). The molecule has 0 spiro atoms. The van der Waals surface area contributed by atoms with Crippen LogP contribution in [0.25, 0.3) is 0 Å². The minimum absolute atomic E-state index is 0.0543. The summed E-state index contributed by atoms with van der Waals surface area (Å²) < 4.78 is 38.9. The van der Waals surface area contributed by atoms with Crippen molar-refractivity contribution in [3.8, 4) is 6.07 Å². The maximum atomic E-state index is 13.0. The van der Waals surface area contributed by atoms with Crippen LogP contribution in [0.3, 0.4) is 0 Å². The lowest BCUT2D eigenvalue weighted by atomic mass is 9.84. The Bertz CT molecular complexity index is 836. The molecule has 2 atom stereocenters. The molecule has 3 aliphatic rings. The fourth-order valence-electron chi connectivity index (χ4n) is 5.00. The summed E-state index contributed by atoms with van der Waals surface area (Å²) in [7, 11) is 0. The number of hydrogen-bond donors (Lipinski definition) is 1. The van der Waals surface area contributed by atoms with Gasteiger partial charge in [0.05, 0.1) is 23.5 Å². The van der Waals surface area contributed by atoms with Gasteiger partial charge in [-0.25, -0.2) is 0 Å². The fraction of sp³-hybridized carbons (Fsp3) is 0.667. The number of piperazine rings is 1. The Balaban J connectivity index is 1.14. The van der Waals surface area contributed by atoms with E-state index < -0.39 is 11.7 Å². The predicted octanol–water partition coefficient (Wildman–Crippen LogP) is 4.05. The summed E-state index contributed by atoms with van der Waals surface area (Å²) in [6.07, 6.45) is 1.76. The molecule has 0 radical (unpaired) electrons. The molecule has 1 N–H and O–H groups in total. The quantitative estimate of drug-likeness (QED) is 0.713. The third kappa shape index (κ3) is 5.74. The van der Waals surface area contributed by atoms with Crippen LogP contribution >= 0.6 is 0 Å². The SMILES string of the molecule is N#C[C@@H]1CC1C(=O)N[C@H]1CC[C@H](CCN2CCN(c3cccc(C(F)(F)F)c3)CC2)CC1. The summed E-state index contributed by atoms with van der Waals surface area (Å²) in [6, 6.07) is 8.02. The number of nitrogens with zero attached hydrogens (tertiary/aromatic N) is 3. The van der Waals surface area contributed by atoms with Crippen molar-refractivity contribution in [3.05, 3.63) is 29.8 Å². The van der Waals surface area contributed by atoms with Crippen LogP contribution in [0.4, 0.5) is 18.9 Å². The number of hydrogen-bond acceptors (Lipinski definition) is 4. The molecule has 2 saturated carbocycles. The van der Waals surface area contributed by atoms with Gasteiger partial charge in [-0.1, -0.05) is 6.07 Å². The van der Waals surface area contributed by atoms with E-state index in [0.29, 0.717) is 18.0 Å². The Labute approximate surface area is 187 Å². The van der Waals surface area contributed by atoms with Crippen LogP contribution in [0.5, 0.6) is 0 Å². The number of benzene rings is 1. The van der Waals surface area contributed by atoms with Gasteiger partial charge in [-0.3, -0.25) is 9.69 Å². The molecular formula is C24H31F3N4O. The average Bonchev–Trinajstić information content (AvgIpc) is 3.59. The van der Waals surface area contributed by atoms with Crippen molar-refractivity contribution in [1.29, 1.82) is 5.26 Å². The first-order valence-electron chi connectivity index (χ1n) is 11.7. The maximum absolute atomic E-state index is 13.0. The third-order valence-corrected chi connectivity index (χ3v) is 7.25. The van der Waals surface area contributed by atoms with E-state index >= 15 is 0 Å². The number of rotatable bonds is 6. The van der Waals surface area contributed by atoms with Crippen LogP contribution in [0.15, 0.2) is 24.3 Å². The molecule has 1 aromatic carbocycles. The second kappa shape index (κ2) is 9.70. The molecule has 8 heteroatoms. The van der Waals surface area contributed by atoms with E-state index in [0.717, 1.165) is 70.9 Å². The van der Waals surface area contributed by atoms with Gasteiger partial charge in [0, 0.05) is 37.9 Å². The van der Waals surface area contributed by atoms with Crippen LogP contribution in [0.2, 0.25) is 0 Å². The fourth-order valence-corrected chi connectivity index (χ4v) is 5.00. The van der Waals surface area contributed by atoms with Crippen LogP contribution in [0.1, 0.15) is 44.1 Å². The van der Waals surface area contributed by atoms with Gasteiger partial charge in [0.2, 0.25) is 5.91 Å². The lowest BCUT2D eigenvalue weighted by Gasteiger charge is -2.37. The molecule has 32 heavy (non-hydrogen) atoms. The minimum atomic E-state index is -4.31. The highest BCUT2D eigenvalue weighted by atomic mass is 19.4. The number of halogens is 3. The summed E-state index contributed by atoms with van der Waals surface area (Å²) in [5, 5.41) is 12.0.